The molecule has 1 aliphatic rings. The molecule has 1 aromatic carbocycles. The summed E-state index contributed by atoms with van der Waals surface area (Å²) in [5.41, 5.74) is 1.25. The van der Waals surface area contributed by atoms with Gasteiger partial charge in [0.15, 0.2) is 5.96 Å². The van der Waals surface area contributed by atoms with E-state index < -0.39 is 0 Å². The van der Waals surface area contributed by atoms with Crippen LogP contribution in [0.3, 0.4) is 0 Å². The van der Waals surface area contributed by atoms with Gasteiger partial charge in [0.25, 0.3) is 0 Å². The van der Waals surface area contributed by atoms with Crippen LogP contribution in [0.2, 0.25) is 0 Å². The number of hydrogen-bond donors (Lipinski definition) is 2. The lowest BCUT2D eigenvalue weighted by Crippen LogP contribution is -2.51. The summed E-state index contributed by atoms with van der Waals surface area (Å²) in [4.78, 5) is 17.9. The molecule has 0 bridgehead atoms. The van der Waals surface area contributed by atoms with Crippen molar-refractivity contribution < 1.29 is 9.53 Å². The predicted octanol–water partition coefficient (Wildman–Crippen LogP) is 4.13. The number of nitrogens with zero attached hydrogens (tertiary/aromatic N) is 2. The van der Waals surface area contributed by atoms with E-state index in [2.05, 4.69) is 69.7 Å². The van der Waals surface area contributed by atoms with Crippen LogP contribution in [0.25, 0.3) is 0 Å². The van der Waals surface area contributed by atoms with Crippen LogP contribution in [0.5, 0.6) is 0 Å². The lowest BCUT2D eigenvalue weighted by molar-refractivity contribution is 0.0963. The first-order chi connectivity index (χ1) is 12.9. The number of benzene rings is 1. The average molecular weight is 567 g/mol. The van der Waals surface area contributed by atoms with Crippen molar-refractivity contribution in [2.24, 2.45) is 4.99 Å². The van der Waals surface area contributed by atoms with E-state index in [1.807, 2.05) is 6.92 Å². The van der Waals surface area contributed by atoms with E-state index in [1.165, 1.54) is 5.56 Å². The van der Waals surface area contributed by atoms with E-state index in [9.17, 15) is 4.79 Å². The summed E-state index contributed by atoms with van der Waals surface area (Å²) in [5.74, 6) is 0.801. The molecule has 0 saturated carbocycles. The van der Waals surface area contributed by atoms with E-state index in [1.54, 1.807) is 11.9 Å². The van der Waals surface area contributed by atoms with Crippen molar-refractivity contribution >= 4 is 52.0 Å². The van der Waals surface area contributed by atoms with Crippen molar-refractivity contribution in [3.8, 4) is 0 Å². The third kappa shape index (κ3) is 7.42. The summed E-state index contributed by atoms with van der Waals surface area (Å²) in [7, 11) is 1.79. The van der Waals surface area contributed by atoms with E-state index in [-0.39, 0.29) is 35.5 Å². The van der Waals surface area contributed by atoms with Crippen LogP contribution in [-0.4, -0.2) is 56.3 Å². The molecule has 1 heterocycles. The lowest BCUT2D eigenvalue weighted by atomic mass is 9.85. The maximum absolute atomic E-state index is 11.8. The largest absolute Gasteiger partial charge is 0.450 e. The van der Waals surface area contributed by atoms with Crippen molar-refractivity contribution in [1.82, 2.24) is 15.5 Å². The van der Waals surface area contributed by atoms with E-state index in [4.69, 9.17) is 4.74 Å². The molecule has 28 heavy (non-hydrogen) atoms. The average Bonchev–Trinajstić information content (AvgIpc) is 2.66. The molecule has 1 saturated heterocycles. The first-order valence-corrected chi connectivity index (χ1v) is 10.3. The van der Waals surface area contributed by atoms with Crippen LogP contribution in [0.4, 0.5) is 4.79 Å². The van der Waals surface area contributed by atoms with Gasteiger partial charge in [0.2, 0.25) is 0 Å². The zero-order valence-corrected chi connectivity index (χ0v) is 21.0. The topological polar surface area (TPSA) is 66.0 Å². The second-order valence-corrected chi connectivity index (χ2v) is 8.34. The fourth-order valence-electron chi connectivity index (χ4n) is 3.12. The van der Waals surface area contributed by atoms with Crippen LogP contribution in [0.1, 0.15) is 39.2 Å². The summed E-state index contributed by atoms with van der Waals surface area (Å²) in [6.45, 7) is 8.87. The van der Waals surface area contributed by atoms with Crippen molar-refractivity contribution in [2.45, 2.75) is 45.1 Å². The molecule has 1 aliphatic heterocycles. The van der Waals surface area contributed by atoms with Crippen LogP contribution in [0, 0.1) is 0 Å². The molecule has 158 valence electrons. The number of likely N-dealkylation sites (tertiary alicyclic amines) is 1. The number of hydrogen-bond acceptors (Lipinski definition) is 3. The maximum Gasteiger partial charge on any atom is 0.409 e. The van der Waals surface area contributed by atoms with Crippen molar-refractivity contribution in [1.29, 1.82) is 0 Å². The number of rotatable bonds is 5. The molecule has 1 amide bonds. The summed E-state index contributed by atoms with van der Waals surface area (Å²) in [6.07, 6.45) is 1.56. The molecule has 8 heteroatoms. The van der Waals surface area contributed by atoms with Gasteiger partial charge in [-0.1, -0.05) is 41.9 Å². The third-order valence-electron chi connectivity index (χ3n) is 4.91. The Labute approximate surface area is 194 Å². The Bertz CT molecular complexity index is 644. The highest BCUT2D eigenvalue weighted by Gasteiger charge is 2.25. The summed E-state index contributed by atoms with van der Waals surface area (Å²) in [5, 5.41) is 6.93. The van der Waals surface area contributed by atoms with Crippen molar-refractivity contribution in [3.63, 3.8) is 0 Å². The van der Waals surface area contributed by atoms with Gasteiger partial charge in [0.05, 0.1) is 6.61 Å². The number of guanidine groups is 1. The number of ether oxygens (including phenoxy) is 1. The second kappa shape index (κ2) is 11.8. The van der Waals surface area contributed by atoms with Crippen LogP contribution in [-0.2, 0) is 10.2 Å². The Kier molecular flexibility index (Phi) is 10.6. The summed E-state index contributed by atoms with van der Waals surface area (Å²) >= 11 is 3.49. The molecular weight excluding hydrogens is 535 g/mol. The molecule has 2 N–H and O–H groups in total. The van der Waals surface area contributed by atoms with E-state index in [0.29, 0.717) is 25.7 Å². The molecule has 0 aromatic heterocycles. The lowest BCUT2D eigenvalue weighted by Gasteiger charge is -2.33. The fourth-order valence-corrected chi connectivity index (χ4v) is 3.38. The van der Waals surface area contributed by atoms with Gasteiger partial charge in [0.1, 0.15) is 0 Å². The molecule has 6 nitrogen and oxygen atoms in total. The minimum absolute atomic E-state index is 0. The maximum atomic E-state index is 11.8. The Morgan fingerprint density at radius 3 is 2.43 bits per heavy atom. The van der Waals surface area contributed by atoms with Gasteiger partial charge in [-0.3, -0.25) is 4.99 Å². The molecule has 1 aromatic rings. The Morgan fingerprint density at radius 1 is 1.29 bits per heavy atom. The molecule has 0 atom stereocenters. The number of amides is 1. The highest BCUT2D eigenvalue weighted by atomic mass is 127. The molecular formula is C20H32BrIN4O2. The molecule has 0 aliphatic carbocycles. The van der Waals surface area contributed by atoms with Crippen LogP contribution >= 0.6 is 39.9 Å². The highest BCUT2D eigenvalue weighted by molar-refractivity contribution is 14.0. The molecule has 0 spiro atoms. The van der Waals surface area contributed by atoms with E-state index >= 15 is 0 Å². The first-order valence-electron chi connectivity index (χ1n) is 9.50. The Balaban J connectivity index is 0.00000392. The molecule has 0 radical (unpaired) electrons. The van der Waals surface area contributed by atoms with Gasteiger partial charge in [0, 0.05) is 42.6 Å². The number of carbonyl (C=O) groups excluding carboxylic acids is 1. The van der Waals surface area contributed by atoms with Gasteiger partial charge in [-0.15, -0.1) is 24.0 Å². The van der Waals surface area contributed by atoms with Gasteiger partial charge in [-0.2, -0.15) is 0 Å². The van der Waals surface area contributed by atoms with Crippen LogP contribution in [0.15, 0.2) is 33.7 Å². The van der Waals surface area contributed by atoms with Gasteiger partial charge >= 0.3 is 6.09 Å². The Hall–Kier alpha value is -1.03. The van der Waals surface area contributed by atoms with Gasteiger partial charge in [-0.05, 0) is 37.5 Å². The number of carbonyl (C=O) groups is 1. The number of nitrogens with one attached hydrogen (secondary N) is 2. The normalized spacial score (nSPS) is 15.6. The minimum Gasteiger partial charge on any atom is -0.450 e. The second-order valence-electron chi connectivity index (χ2n) is 7.42. The van der Waals surface area contributed by atoms with Gasteiger partial charge < -0.3 is 20.3 Å². The zero-order chi connectivity index (χ0) is 19.9. The fraction of sp³-hybridized carbons (Fsp3) is 0.600. The molecule has 0 unspecified atom stereocenters. The summed E-state index contributed by atoms with van der Waals surface area (Å²) < 4.78 is 6.16. The standard InChI is InChI=1S/C20H31BrN4O2.HI/c1-5-27-19(26)25-12-10-17(11-13-25)24-18(22-4)23-14-20(2,3)15-6-8-16(21)9-7-15;/h6-9,17H,5,10-14H2,1-4H3,(H2,22,23,24);1H. The molecule has 1 fully saturated rings. The van der Waals surface area contributed by atoms with Gasteiger partial charge in [-0.25, -0.2) is 4.79 Å². The summed E-state index contributed by atoms with van der Waals surface area (Å²) in [6, 6.07) is 8.74. The predicted molar refractivity (Wildman–Crippen MR) is 129 cm³/mol. The van der Waals surface area contributed by atoms with Crippen molar-refractivity contribution in [3.05, 3.63) is 34.3 Å². The quantitative estimate of drug-likeness (QED) is 0.319. The van der Waals surface area contributed by atoms with E-state index in [0.717, 1.165) is 29.8 Å². The molecule has 2 rings (SSSR count). The third-order valence-corrected chi connectivity index (χ3v) is 5.44. The minimum atomic E-state index is -0.213. The number of aliphatic imine (C=N–C) groups is 1. The first kappa shape index (κ1) is 25.0. The highest BCUT2D eigenvalue weighted by Crippen LogP contribution is 2.24. The SMILES string of the molecule is CCOC(=O)N1CCC(NC(=NC)NCC(C)(C)c2ccc(Br)cc2)CC1.I. The van der Waals surface area contributed by atoms with Crippen molar-refractivity contribution in [2.75, 3.05) is 33.3 Å². The number of halogens is 2. The smallest absolute Gasteiger partial charge is 0.409 e. The van der Waals surface area contributed by atoms with Crippen LogP contribution < -0.4 is 10.6 Å². The zero-order valence-electron chi connectivity index (χ0n) is 17.1. The number of piperidine rings is 1. The Morgan fingerprint density at radius 2 is 1.89 bits per heavy atom. The monoisotopic (exact) mass is 566 g/mol.